The minimum Gasteiger partial charge on any atom is -0.398 e. The Labute approximate surface area is 105 Å². The summed E-state index contributed by atoms with van der Waals surface area (Å²) in [5.41, 5.74) is 6.16. The third-order valence-electron chi connectivity index (χ3n) is 2.23. The van der Waals surface area contributed by atoms with Crippen molar-refractivity contribution in [3.63, 3.8) is 0 Å². The van der Waals surface area contributed by atoms with Crippen LogP contribution in [0, 0.1) is 0 Å². The zero-order chi connectivity index (χ0) is 12.1. The molecule has 0 aliphatic heterocycles. The molecule has 1 amide bonds. The van der Waals surface area contributed by atoms with Crippen LogP contribution in [0.3, 0.4) is 0 Å². The highest BCUT2D eigenvalue weighted by Crippen LogP contribution is 2.26. The van der Waals surface area contributed by atoms with Crippen LogP contribution >= 0.6 is 23.4 Å². The molecule has 0 spiro atoms. The Kier molecular flexibility index (Phi) is 4.96. The Morgan fingerprint density at radius 1 is 1.56 bits per heavy atom. The number of carbonyl (C=O) groups excluding carboxylic acids is 1. The summed E-state index contributed by atoms with van der Waals surface area (Å²) in [6.07, 6.45) is 0. The highest BCUT2D eigenvalue weighted by atomic mass is 35.5. The highest BCUT2D eigenvalue weighted by Gasteiger charge is 2.07. The number of halogens is 1. The largest absolute Gasteiger partial charge is 0.398 e. The van der Waals surface area contributed by atoms with Crippen molar-refractivity contribution in [3.05, 3.63) is 23.2 Å². The lowest BCUT2D eigenvalue weighted by atomic mass is 10.3. The predicted octanol–water partition coefficient (Wildman–Crippen LogP) is 2.49. The molecule has 0 aromatic heterocycles. The third kappa shape index (κ3) is 3.61. The third-order valence-corrected chi connectivity index (χ3v) is 3.54. The van der Waals surface area contributed by atoms with Gasteiger partial charge in [-0.2, -0.15) is 0 Å². The van der Waals surface area contributed by atoms with Crippen LogP contribution in [0.4, 0.5) is 5.69 Å². The van der Waals surface area contributed by atoms with Crippen LogP contribution in [-0.4, -0.2) is 30.2 Å². The van der Waals surface area contributed by atoms with Crippen LogP contribution in [0.5, 0.6) is 0 Å². The summed E-state index contributed by atoms with van der Waals surface area (Å²) in [7, 11) is 1.79. The molecule has 1 aromatic carbocycles. The monoisotopic (exact) mass is 258 g/mol. The molecule has 0 aliphatic carbocycles. The van der Waals surface area contributed by atoms with Crippen LogP contribution < -0.4 is 5.73 Å². The molecule has 0 unspecified atom stereocenters. The van der Waals surface area contributed by atoms with E-state index in [1.807, 2.05) is 13.0 Å². The quantitative estimate of drug-likeness (QED) is 0.667. The zero-order valence-corrected chi connectivity index (χ0v) is 10.9. The first-order valence-corrected chi connectivity index (χ1v) is 6.32. The Balaban J connectivity index is 2.55. The molecule has 0 atom stereocenters. The Hall–Kier alpha value is -0.870. The number of carbonyl (C=O) groups is 1. The maximum absolute atomic E-state index is 11.5. The molecule has 16 heavy (non-hydrogen) atoms. The molecular weight excluding hydrogens is 244 g/mol. The van der Waals surface area contributed by atoms with E-state index in [0.29, 0.717) is 16.5 Å². The van der Waals surface area contributed by atoms with Gasteiger partial charge in [0, 0.05) is 18.5 Å². The molecule has 0 saturated carbocycles. The smallest absolute Gasteiger partial charge is 0.232 e. The van der Waals surface area contributed by atoms with Gasteiger partial charge in [-0.25, -0.2) is 0 Å². The summed E-state index contributed by atoms with van der Waals surface area (Å²) >= 11 is 7.35. The van der Waals surface area contributed by atoms with E-state index in [4.69, 9.17) is 17.3 Å². The van der Waals surface area contributed by atoms with Gasteiger partial charge in [-0.1, -0.05) is 11.6 Å². The second-order valence-electron chi connectivity index (χ2n) is 3.38. The molecule has 0 radical (unpaired) electrons. The molecule has 5 heteroatoms. The van der Waals surface area contributed by atoms with Crippen molar-refractivity contribution < 1.29 is 4.79 Å². The number of hydrogen-bond acceptors (Lipinski definition) is 3. The first kappa shape index (κ1) is 13.2. The summed E-state index contributed by atoms with van der Waals surface area (Å²) < 4.78 is 0. The van der Waals surface area contributed by atoms with Crippen LogP contribution in [0.1, 0.15) is 6.92 Å². The number of nitrogen functional groups attached to an aromatic ring is 1. The van der Waals surface area contributed by atoms with Crippen LogP contribution in [0.2, 0.25) is 5.02 Å². The number of anilines is 1. The topological polar surface area (TPSA) is 46.3 Å². The van der Waals surface area contributed by atoms with Crippen LogP contribution in [-0.2, 0) is 4.79 Å². The van der Waals surface area contributed by atoms with Crippen molar-refractivity contribution in [3.8, 4) is 0 Å². The van der Waals surface area contributed by atoms with Crippen molar-refractivity contribution in [1.82, 2.24) is 4.90 Å². The summed E-state index contributed by atoms with van der Waals surface area (Å²) in [6.45, 7) is 2.67. The predicted molar refractivity (Wildman–Crippen MR) is 69.9 cm³/mol. The van der Waals surface area contributed by atoms with Gasteiger partial charge in [-0.3, -0.25) is 4.79 Å². The normalized spacial score (nSPS) is 10.2. The van der Waals surface area contributed by atoms with Gasteiger partial charge in [-0.15, -0.1) is 11.8 Å². The fourth-order valence-corrected chi connectivity index (χ4v) is 2.15. The van der Waals surface area contributed by atoms with Crippen molar-refractivity contribution in [1.29, 1.82) is 0 Å². The maximum atomic E-state index is 11.5. The molecule has 2 N–H and O–H groups in total. The fraction of sp³-hybridized carbons (Fsp3) is 0.364. The van der Waals surface area contributed by atoms with Gasteiger partial charge in [-0.05, 0) is 25.1 Å². The second-order valence-corrected chi connectivity index (χ2v) is 4.84. The van der Waals surface area contributed by atoms with E-state index >= 15 is 0 Å². The molecule has 88 valence electrons. The average molecular weight is 259 g/mol. The molecule has 1 rings (SSSR count). The van der Waals surface area contributed by atoms with E-state index in [-0.39, 0.29) is 5.91 Å². The Morgan fingerprint density at radius 2 is 2.25 bits per heavy atom. The van der Waals surface area contributed by atoms with Gasteiger partial charge in [0.25, 0.3) is 0 Å². The first-order chi connectivity index (χ1) is 7.54. The van der Waals surface area contributed by atoms with Crippen LogP contribution in [0.15, 0.2) is 23.1 Å². The van der Waals surface area contributed by atoms with E-state index in [1.165, 1.54) is 11.8 Å². The lowest BCUT2D eigenvalue weighted by Gasteiger charge is -2.13. The summed E-state index contributed by atoms with van der Waals surface area (Å²) in [5, 5.41) is 0.529. The minimum absolute atomic E-state index is 0.112. The van der Waals surface area contributed by atoms with E-state index in [0.717, 1.165) is 11.4 Å². The number of benzene rings is 1. The number of nitrogens with two attached hydrogens (primary N) is 1. The average Bonchev–Trinajstić information content (AvgIpc) is 2.29. The highest BCUT2D eigenvalue weighted by molar-refractivity contribution is 8.00. The Morgan fingerprint density at radius 3 is 2.81 bits per heavy atom. The van der Waals surface area contributed by atoms with Gasteiger partial charge >= 0.3 is 0 Å². The molecule has 0 saturated heterocycles. The molecule has 0 bridgehead atoms. The van der Waals surface area contributed by atoms with Gasteiger partial charge in [0.1, 0.15) is 0 Å². The Bertz CT molecular complexity index is 384. The minimum atomic E-state index is 0.112. The maximum Gasteiger partial charge on any atom is 0.232 e. The summed E-state index contributed by atoms with van der Waals surface area (Å²) in [6, 6.07) is 5.39. The standard InChI is InChI=1S/C11H15ClN2OS/c1-3-14(2)11(15)7-16-8-4-5-10(13)9(12)6-8/h4-6H,3,7,13H2,1-2H3. The van der Waals surface area contributed by atoms with Gasteiger partial charge in [0.15, 0.2) is 0 Å². The van der Waals surface area contributed by atoms with Gasteiger partial charge in [0.2, 0.25) is 5.91 Å². The van der Waals surface area contributed by atoms with Crippen molar-refractivity contribution >= 4 is 35.0 Å². The zero-order valence-electron chi connectivity index (χ0n) is 9.37. The van der Waals surface area contributed by atoms with E-state index in [1.54, 1.807) is 24.1 Å². The number of amides is 1. The molecular formula is C11H15ClN2OS. The number of rotatable bonds is 4. The van der Waals surface area contributed by atoms with Crippen LogP contribution in [0.25, 0.3) is 0 Å². The second kappa shape index (κ2) is 6.01. The number of thioether (sulfide) groups is 1. The lowest BCUT2D eigenvalue weighted by Crippen LogP contribution is -2.27. The van der Waals surface area contributed by atoms with Crippen molar-refractivity contribution in [2.24, 2.45) is 0 Å². The fourth-order valence-electron chi connectivity index (χ4n) is 1.03. The molecule has 3 nitrogen and oxygen atoms in total. The number of hydrogen-bond donors (Lipinski definition) is 1. The van der Waals surface area contributed by atoms with Gasteiger partial charge in [0.05, 0.1) is 16.5 Å². The summed E-state index contributed by atoms with van der Waals surface area (Å²) in [5.74, 6) is 0.533. The van der Waals surface area contributed by atoms with Gasteiger partial charge < -0.3 is 10.6 Å². The molecule has 0 fully saturated rings. The van der Waals surface area contributed by atoms with Crippen molar-refractivity contribution in [2.75, 3.05) is 25.1 Å². The number of nitrogens with zero attached hydrogens (tertiary/aromatic N) is 1. The molecule has 0 aliphatic rings. The molecule has 1 aromatic rings. The first-order valence-electron chi connectivity index (χ1n) is 4.96. The van der Waals surface area contributed by atoms with E-state index in [9.17, 15) is 4.79 Å². The van der Waals surface area contributed by atoms with E-state index in [2.05, 4.69) is 0 Å². The summed E-state index contributed by atoms with van der Waals surface area (Å²) in [4.78, 5) is 14.2. The van der Waals surface area contributed by atoms with Crippen molar-refractivity contribution in [2.45, 2.75) is 11.8 Å². The lowest BCUT2D eigenvalue weighted by molar-refractivity contribution is -0.126. The molecule has 0 heterocycles. The SMILES string of the molecule is CCN(C)C(=O)CSc1ccc(N)c(Cl)c1. The van der Waals surface area contributed by atoms with E-state index < -0.39 is 0 Å².